The number of ether oxygens (including phenoxy) is 1. The molecule has 0 amide bonds. The molecule has 0 fully saturated rings. The summed E-state index contributed by atoms with van der Waals surface area (Å²) in [7, 11) is 0. The van der Waals surface area contributed by atoms with E-state index in [1.165, 1.54) is 4.88 Å². The Kier molecular flexibility index (Phi) is 3.72. The monoisotopic (exact) mass is 186 g/mol. The van der Waals surface area contributed by atoms with E-state index in [9.17, 15) is 5.11 Å². The first-order valence-electron chi connectivity index (χ1n) is 4.05. The Morgan fingerprint density at radius 3 is 2.92 bits per heavy atom. The third-order valence-corrected chi connectivity index (χ3v) is 2.60. The zero-order chi connectivity index (χ0) is 8.97. The van der Waals surface area contributed by atoms with E-state index >= 15 is 0 Å². The van der Waals surface area contributed by atoms with Gasteiger partial charge < -0.3 is 9.84 Å². The average molecular weight is 186 g/mol. The highest BCUT2D eigenvalue weighted by atomic mass is 32.1. The summed E-state index contributed by atoms with van der Waals surface area (Å²) in [4.78, 5) is 1.17. The van der Waals surface area contributed by atoms with Crippen molar-refractivity contribution in [3.63, 3.8) is 0 Å². The lowest BCUT2D eigenvalue weighted by Crippen LogP contribution is -2.06. The predicted molar refractivity (Wildman–Crippen MR) is 50.5 cm³/mol. The lowest BCUT2D eigenvalue weighted by Gasteiger charge is -2.09. The molecule has 1 unspecified atom stereocenters. The van der Waals surface area contributed by atoms with Gasteiger partial charge in [-0.05, 0) is 30.9 Å². The smallest absolute Gasteiger partial charge is 0.103 e. The number of rotatable bonds is 4. The second-order valence-corrected chi connectivity index (χ2v) is 3.73. The number of aliphatic hydroxyl groups is 1. The first kappa shape index (κ1) is 9.71. The number of aryl methyl sites for hydroxylation is 1. The third kappa shape index (κ3) is 2.30. The Hall–Kier alpha value is -0.380. The van der Waals surface area contributed by atoms with E-state index in [1.54, 1.807) is 11.3 Å². The van der Waals surface area contributed by atoms with Gasteiger partial charge in [-0.2, -0.15) is 0 Å². The molecule has 1 aromatic heterocycles. The molecule has 0 spiro atoms. The normalized spacial score (nSPS) is 13.2. The highest BCUT2D eigenvalue weighted by molar-refractivity contribution is 7.10. The molecular formula is C9H14O2S. The van der Waals surface area contributed by atoms with Crippen molar-refractivity contribution < 1.29 is 9.84 Å². The Balaban J connectivity index is 2.52. The standard InChI is InChI=1S/C9H14O2S/c1-3-11-6-9(10)8-4-5-12-7(8)2/h4-5,9-10H,3,6H2,1-2H3. The first-order chi connectivity index (χ1) is 5.75. The van der Waals surface area contributed by atoms with Gasteiger partial charge in [0.1, 0.15) is 6.10 Å². The highest BCUT2D eigenvalue weighted by Crippen LogP contribution is 2.22. The van der Waals surface area contributed by atoms with Crippen molar-refractivity contribution in [1.29, 1.82) is 0 Å². The Labute approximate surface area is 76.8 Å². The fourth-order valence-electron chi connectivity index (χ4n) is 1.06. The van der Waals surface area contributed by atoms with Gasteiger partial charge in [0.15, 0.2) is 0 Å². The lowest BCUT2D eigenvalue weighted by atomic mass is 10.1. The molecule has 0 aliphatic rings. The van der Waals surface area contributed by atoms with Gasteiger partial charge >= 0.3 is 0 Å². The number of thiophene rings is 1. The minimum absolute atomic E-state index is 0.397. The van der Waals surface area contributed by atoms with Crippen LogP contribution in [0.15, 0.2) is 11.4 Å². The lowest BCUT2D eigenvalue weighted by molar-refractivity contribution is 0.0419. The van der Waals surface area contributed by atoms with Crippen LogP contribution in [0.1, 0.15) is 23.5 Å². The van der Waals surface area contributed by atoms with Crippen molar-refractivity contribution in [2.75, 3.05) is 13.2 Å². The molecule has 0 bridgehead atoms. The van der Waals surface area contributed by atoms with E-state index in [4.69, 9.17) is 4.74 Å². The largest absolute Gasteiger partial charge is 0.386 e. The highest BCUT2D eigenvalue weighted by Gasteiger charge is 2.10. The van der Waals surface area contributed by atoms with Crippen LogP contribution in [-0.2, 0) is 4.74 Å². The zero-order valence-corrected chi connectivity index (χ0v) is 8.23. The second kappa shape index (κ2) is 4.60. The topological polar surface area (TPSA) is 29.5 Å². The maximum absolute atomic E-state index is 9.60. The predicted octanol–water partition coefficient (Wildman–Crippen LogP) is 2.13. The maximum Gasteiger partial charge on any atom is 0.103 e. The summed E-state index contributed by atoms with van der Waals surface area (Å²) in [5.74, 6) is 0. The molecule has 0 aromatic carbocycles. The Morgan fingerprint density at radius 2 is 2.42 bits per heavy atom. The summed E-state index contributed by atoms with van der Waals surface area (Å²) in [6.45, 7) is 4.98. The van der Waals surface area contributed by atoms with E-state index < -0.39 is 6.10 Å². The van der Waals surface area contributed by atoms with Crippen LogP contribution in [0.3, 0.4) is 0 Å². The van der Waals surface area contributed by atoms with Gasteiger partial charge in [-0.15, -0.1) is 11.3 Å². The first-order valence-corrected chi connectivity index (χ1v) is 4.93. The summed E-state index contributed by atoms with van der Waals surface area (Å²) in [5, 5.41) is 11.6. The van der Waals surface area contributed by atoms with E-state index in [2.05, 4.69) is 0 Å². The molecule has 1 atom stereocenters. The molecule has 68 valence electrons. The van der Waals surface area contributed by atoms with Gasteiger partial charge in [0.25, 0.3) is 0 Å². The van der Waals surface area contributed by atoms with Crippen molar-refractivity contribution >= 4 is 11.3 Å². The molecule has 2 nitrogen and oxygen atoms in total. The van der Waals surface area contributed by atoms with Crippen molar-refractivity contribution in [2.45, 2.75) is 20.0 Å². The van der Waals surface area contributed by atoms with Crippen LogP contribution < -0.4 is 0 Å². The van der Waals surface area contributed by atoms with Gasteiger partial charge in [-0.3, -0.25) is 0 Å². The van der Waals surface area contributed by atoms with Gasteiger partial charge in [0, 0.05) is 11.5 Å². The number of hydrogen-bond donors (Lipinski definition) is 1. The molecule has 0 aliphatic carbocycles. The van der Waals surface area contributed by atoms with Gasteiger partial charge in [0.05, 0.1) is 6.61 Å². The molecule has 1 aromatic rings. The van der Waals surface area contributed by atoms with E-state index in [-0.39, 0.29) is 0 Å². The average Bonchev–Trinajstić information content (AvgIpc) is 2.47. The van der Waals surface area contributed by atoms with Crippen LogP contribution >= 0.6 is 11.3 Å². The number of hydrogen-bond acceptors (Lipinski definition) is 3. The molecule has 0 saturated carbocycles. The van der Waals surface area contributed by atoms with Crippen molar-refractivity contribution in [2.24, 2.45) is 0 Å². The molecular weight excluding hydrogens is 172 g/mol. The summed E-state index contributed by atoms with van der Waals surface area (Å²) < 4.78 is 5.13. The maximum atomic E-state index is 9.60. The molecule has 1 N–H and O–H groups in total. The SMILES string of the molecule is CCOCC(O)c1ccsc1C. The van der Waals surface area contributed by atoms with Crippen molar-refractivity contribution in [3.8, 4) is 0 Å². The van der Waals surface area contributed by atoms with Crippen LogP contribution in [0.25, 0.3) is 0 Å². The van der Waals surface area contributed by atoms with E-state index in [1.807, 2.05) is 25.3 Å². The fourth-order valence-corrected chi connectivity index (χ4v) is 1.82. The minimum atomic E-state index is -0.462. The molecule has 12 heavy (non-hydrogen) atoms. The summed E-state index contributed by atoms with van der Waals surface area (Å²) in [6.07, 6.45) is -0.462. The molecule has 0 saturated heterocycles. The Morgan fingerprint density at radius 1 is 1.67 bits per heavy atom. The van der Waals surface area contributed by atoms with Crippen molar-refractivity contribution in [3.05, 3.63) is 21.9 Å². The molecule has 0 radical (unpaired) electrons. The fraction of sp³-hybridized carbons (Fsp3) is 0.556. The zero-order valence-electron chi connectivity index (χ0n) is 7.41. The summed E-state index contributed by atoms with van der Waals surface area (Å²) in [5.41, 5.74) is 0.994. The van der Waals surface area contributed by atoms with Gasteiger partial charge in [0.2, 0.25) is 0 Å². The molecule has 1 heterocycles. The Bertz CT molecular complexity index is 232. The van der Waals surface area contributed by atoms with E-state index in [0.717, 1.165) is 5.56 Å². The van der Waals surface area contributed by atoms with Crippen LogP contribution in [0, 0.1) is 6.92 Å². The third-order valence-electron chi connectivity index (χ3n) is 1.74. The summed E-state index contributed by atoms with van der Waals surface area (Å²) >= 11 is 1.65. The quantitative estimate of drug-likeness (QED) is 0.780. The van der Waals surface area contributed by atoms with Crippen LogP contribution in [0.5, 0.6) is 0 Å². The van der Waals surface area contributed by atoms with E-state index in [0.29, 0.717) is 13.2 Å². The molecule has 1 rings (SSSR count). The molecule has 3 heteroatoms. The van der Waals surface area contributed by atoms with Crippen molar-refractivity contribution in [1.82, 2.24) is 0 Å². The minimum Gasteiger partial charge on any atom is -0.386 e. The van der Waals surface area contributed by atoms with Crippen LogP contribution in [0.2, 0.25) is 0 Å². The van der Waals surface area contributed by atoms with Gasteiger partial charge in [-0.1, -0.05) is 0 Å². The molecule has 0 aliphatic heterocycles. The second-order valence-electron chi connectivity index (χ2n) is 2.61. The van der Waals surface area contributed by atoms with Crippen LogP contribution in [0.4, 0.5) is 0 Å². The summed E-state index contributed by atoms with van der Waals surface area (Å²) in [6, 6.07) is 1.95. The number of aliphatic hydroxyl groups excluding tert-OH is 1. The van der Waals surface area contributed by atoms with Gasteiger partial charge in [-0.25, -0.2) is 0 Å². The van der Waals surface area contributed by atoms with Crippen LogP contribution in [-0.4, -0.2) is 18.3 Å².